The fourth-order valence-electron chi connectivity index (χ4n) is 5.90. The maximum absolute atomic E-state index is 14.6. The van der Waals surface area contributed by atoms with Gasteiger partial charge in [0.05, 0.1) is 18.8 Å². The van der Waals surface area contributed by atoms with E-state index < -0.39 is 72.0 Å². The third-order valence-corrected chi connectivity index (χ3v) is 7.84. The molecule has 3 amide bonds. The highest BCUT2D eigenvalue weighted by atomic mass is 19.3. The summed E-state index contributed by atoms with van der Waals surface area (Å²) in [4.78, 5) is 55.5. The number of esters is 1. The average Bonchev–Trinajstić information content (AvgIpc) is 3.31. The summed E-state index contributed by atoms with van der Waals surface area (Å²) in [7, 11) is 0.990. The van der Waals surface area contributed by atoms with Gasteiger partial charge in [-0.2, -0.15) is 0 Å². The molecule has 0 bridgehead atoms. The van der Waals surface area contributed by atoms with E-state index in [0.717, 1.165) is 25.5 Å². The van der Waals surface area contributed by atoms with Crippen molar-refractivity contribution in [2.45, 2.75) is 109 Å². The van der Waals surface area contributed by atoms with Crippen LogP contribution in [0.15, 0.2) is 36.4 Å². The molecule has 244 valence electrons. The zero-order chi connectivity index (χ0) is 32.8. The van der Waals surface area contributed by atoms with Crippen molar-refractivity contribution in [2.24, 2.45) is 11.8 Å². The highest BCUT2D eigenvalue weighted by Crippen LogP contribution is 2.47. The number of benzene rings is 1. The van der Waals surface area contributed by atoms with E-state index in [1.807, 2.05) is 38.1 Å². The van der Waals surface area contributed by atoms with Gasteiger partial charge in [0.1, 0.15) is 17.2 Å². The molecular formula is C32H45F2N3O7. The average molecular weight is 622 g/mol. The van der Waals surface area contributed by atoms with Crippen LogP contribution in [0.4, 0.5) is 19.3 Å². The molecule has 1 aromatic rings. The van der Waals surface area contributed by atoms with Crippen molar-refractivity contribution < 1.29 is 42.5 Å². The number of anilines is 1. The molecule has 1 aliphatic heterocycles. The van der Waals surface area contributed by atoms with Crippen LogP contribution in [-0.2, 0) is 30.3 Å². The number of methoxy groups -OCH3 is 1. The van der Waals surface area contributed by atoms with Crippen LogP contribution in [0.25, 0.3) is 0 Å². The van der Waals surface area contributed by atoms with Crippen LogP contribution >= 0.6 is 0 Å². The van der Waals surface area contributed by atoms with Gasteiger partial charge in [-0.05, 0) is 64.0 Å². The fourth-order valence-corrected chi connectivity index (χ4v) is 5.90. The van der Waals surface area contributed by atoms with Crippen LogP contribution in [0.3, 0.4) is 0 Å². The Bertz CT molecular complexity index is 1230. The van der Waals surface area contributed by atoms with Gasteiger partial charge in [-0.25, -0.2) is 18.4 Å². The zero-order valence-electron chi connectivity index (χ0n) is 26.3. The molecule has 12 heteroatoms. The number of para-hydroxylation sites is 1. The molecule has 3 N–H and O–H groups in total. The van der Waals surface area contributed by atoms with Crippen LogP contribution in [0.1, 0.15) is 72.3 Å². The van der Waals surface area contributed by atoms with Gasteiger partial charge in [-0.15, -0.1) is 0 Å². The van der Waals surface area contributed by atoms with E-state index in [0.29, 0.717) is 12.1 Å². The third kappa shape index (κ3) is 8.13. The Labute approximate surface area is 257 Å². The number of alkyl halides is 2. The second-order valence-electron chi connectivity index (χ2n) is 12.9. The van der Waals surface area contributed by atoms with Crippen molar-refractivity contribution in [1.29, 1.82) is 0 Å². The summed E-state index contributed by atoms with van der Waals surface area (Å²) >= 11 is 0. The molecule has 0 spiro atoms. The smallest absolute Gasteiger partial charge is 0.415 e. The maximum atomic E-state index is 14.6. The molecule has 10 nitrogen and oxygen atoms in total. The summed E-state index contributed by atoms with van der Waals surface area (Å²) in [5, 5.41) is 15.5. The number of hydrogen-bond acceptors (Lipinski definition) is 7. The van der Waals surface area contributed by atoms with E-state index >= 15 is 0 Å². The Hall–Kier alpha value is -3.54. The fraction of sp³-hybridized carbons (Fsp3) is 0.625. The number of fused-ring (bicyclic) bond motifs is 1. The molecule has 0 saturated carbocycles. The molecule has 1 aliphatic carbocycles. The Morgan fingerprint density at radius 1 is 1.11 bits per heavy atom. The lowest BCUT2D eigenvalue weighted by Gasteiger charge is -2.44. The second kappa shape index (κ2) is 14.5. The number of nitrogens with one attached hydrogen (secondary N) is 2. The summed E-state index contributed by atoms with van der Waals surface area (Å²) < 4.78 is 37.0. The van der Waals surface area contributed by atoms with Gasteiger partial charge in [0.25, 0.3) is 0 Å². The molecule has 3 rings (SSSR count). The van der Waals surface area contributed by atoms with E-state index in [9.17, 15) is 33.1 Å². The van der Waals surface area contributed by atoms with Gasteiger partial charge in [0, 0.05) is 18.8 Å². The minimum absolute atomic E-state index is 0.114. The molecule has 0 radical (unpaired) electrons. The van der Waals surface area contributed by atoms with Crippen LogP contribution in [0, 0.1) is 11.8 Å². The van der Waals surface area contributed by atoms with Crippen molar-refractivity contribution >= 4 is 29.6 Å². The van der Waals surface area contributed by atoms with Gasteiger partial charge in [-0.3, -0.25) is 14.5 Å². The summed E-state index contributed by atoms with van der Waals surface area (Å²) in [6, 6.07) is 4.29. The number of allylic oxidation sites excluding steroid dienone is 1. The summed E-state index contributed by atoms with van der Waals surface area (Å²) in [5.74, 6) is -3.18. The van der Waals surface area contributed by atoms with Gasteiger partial charge >= 0.3 is 12.1 Å². The lowest BCUT2D eigenvalue weighted by atomic mass is 9.74. The molecule has 0 saturated heterocycles. The minimum atomic E-state index is -2.95. The van der Waals surface area contributed by atoms with Crippen LogP contribution < -0.4 is 15.5 Å². The number of aliphatic hydroxyl groups excluding tert-OH is 1. The Morgan fingerprint density at radius 3 is 2.36 bits per heavy atom. The van der Waals surface area contributed by atoms with Crippen LogP contribution in [0.2, 0.25) is 0 Å². The molecule has 5 atom stereocenters. The second-order valence-corrected chi connectivity index (χ2v) is 12.9. The summed E-state index contributed by atoms with van der Waals surface area (Å²) in [6.45, 7) is 8.85. The number of aliphatic hydroxyl groups is 1. The van der Waals surface area contributed by atoms with Crippen molar-refractivity contribution in [3.05, 3.63) is 42.0 Å². The Kier molecular flexibility index (Phi) is 11.5. The Morgan fingerprint density at radius 2 is 1.80 bits per heavy atom. The van der Waals surface area contributed by atoms with Gasteiger partial charge in [-0.1, -0.05) is 44.2 Å². The predicted molar refractivity (Wildman–Crippen MR) is 160 cm³/mol. The molecule has 1 aromatic carbocycles. The molecule has 2 aliphatic rings. The minimum Gasteiger partial charge on any atom is -0.467 e. The first-order valence-corrected chi connectivity index (χ1v) is 15.0. The predicted octanol–water partition coefficient (Wildman–Crippen LogP) is 4.28. The maximum Gasteiger partial charge on any atom is 0.415 e. The number of halogens is 2. The van der Waals surface area contributed by atoms with Crippen LogP contribution in [-0.4, -0.2) is 71.8 Å². The van der Waals surface area contributed by atoms with Crippen LogP contribution in [0.5, 0.6) is 0 Å². The summed E-state index contributed by atoms with van der Waals surface area (Å²) in [5.41, 5.74) is -1.07. The van der Waals surface area contributed by atoms with Crippen molar-refractivity contribution in [3.8, 4) is 0 Å². The highest BCUT2D eigenvalue weighted by molar-refractivity contribution is 6.05. The van der Waals surface area contributed by atoms with E-state index in [1.165, 1.54) is 4.90 Å². The Balaban J connectivity index is 2.05. The number of hydrogen-bond donors (Lipinski definition) is 3. The standard InChI is InChI=1S/C32H45F2N3O7/c1-19(2)16-23(27(39)35-22(17-25(33)34)26(38)28(40)43-6)36-29(41)32(21-13-8-7-9-14-21)18-20-12-10-11-15-24(20)37(32)30(42)44-31(3,4)5/h8,10-13,15,19,21-23,25-26,38H,7,9,14,16-18H2,1-6H3,(H,35,39)(H,36,41)/t21?,22-,23-,26?,32?/m0/s1. The molecular weight excluding hydrogens is 576 g/mol. The van der Waals surface area contributed by atoms with Crippen molar-refractivity contribution in [2.75, 3.05) is 12.0 Å². The monoisotopic (exact) mass is 621 g/mol. The first kappa shape index (κ1) is 34.9. The largest absolute Gasteiger partial charge is 0.467 e. The first-order chi connectivity index (χ1) is 20.6. The van der Waals surface area contributed by atoms with E-state index in [1.54, 1.807) is 32.9 Å². The van der Waals surface area contributed by atoms with Crippen molar-refractivity contribution in [1.82, 2.24) is 10.6 Å². The first-order valence-electron chi connectivity index (χ1n) is 15.0. The highest BCUT2D eigenvalue weighted by Gasteiger charge is 2.58. The number of carbonyl (C=O) groups is 4. The SMILES string of the molecule is COC(=O)C(O)[C@H](CC(F)F)NC(=O)[C@H](CC(C)C)NC(=O)C1(C2C=CCCC2)Cc2ccccc2N1C(=O)OC(C)(C)C. The number of rotatable bonds is 11. The van der Waals surface area contributed by atoms with Crippen molar-refractivity contribution in [3.63, 3.8) is 0 Å². The van der Waals surface area contributed by atoms with E-state index in [-0.39, 0.29) is 18.8 Å². The number of amides is 3. The number of nitrogens with zero attached hydrogens (tertiary/aromatic N) is 1. The molecule has 3 unspecified atom stereocenters. The molecule has 44 heavy (non-hydrogen) atoms. The molecule has 0 aromatic heterocycles. The van der Waals surface area contributed by atoms with E-state index in [2.05, 4.69) is 15.4 Å². The zero-order valence-corrected chi connectivity index (χ0v) is 26.3. The quantitative estimate of drug-likeness (QED) is 0.248. The van der Waals surface area contributed by atoms with E-state index in [4.69, 9.17) is 4.74 Å². The van der Waals surface area contributed by atoms with Gasteiger partial charge < -0.3 is 25.2 Å². The topological polar surface area (TPSA) is 134 Å². The third-order valence-electron chi connectivity index (χ3n) is 7.84. The number of ether oxygens (including phenoxy) is 2. The lowest BCUT2D eigenvalue weighted by molar-refractivity contribution is -0.153. The molecule has 1 heterocycles. The summed E-state index contributed by atoms with van der Waals surface area (Å²) in [6.07, 6.45) is -0.334. The van der Waals surface area contributed by atoms with Gasteiger partial charge in [0.2, 0.25) is 18.2 Å². The molecule has 0 fully saturated rings. The normalized spacial score (nSPS) is 21.8. The van der Waals surface area contributed by atoms with Gasteiger partial charge in [0.15, 0.2) is 6.10 Å². The number of carbonyl (C=O) groups excluding carboxylic acids is 4. The lowest BCUT2D eigenvalue weighted by Crippen LogP contribution is -2.66.